The van der Waals surface area contributed by atoms with Crippen molar-refractivity contribution in [2.24, 2.45) is 0 Å². The monoisotopic (exact) mass is 439 g/mol. The van der Waals surface area contributed by atoms with Crippen LogP contribution in [0.2, 0.25) is 0 Å². The minimum atomic E-state index is -0.757. The average Bonchev–Trinajstić information content (AvgIpc) is 2.80. The van der Waals surface area contributed by atoms with Crippen molar-refractivity contribution >= 4 is 17.6 Å². The van der Waals surface area contributed by atoms with Crippen molar-refractivity contribution in [2.45, 2.75) is 26.7 Å². The summed E-state index contributed by atoms with van der Waals surface area (Å²) in [6, 6.07) is 12.9. The smallest absolute Gasteiger partial charge is 0.336 e. The number of carbonyl (C=O) groups excluding carboxylic acids is 2. The van der Waals surface area contributed by atoms with Gasteiger partial charge in [-0.3, -0.25) is 0 Å². The molecule has 0 bridgehead atoms. The topological polar surface area (TPSA) is 65.1 Å². The van der Waals surface area contributed by atoms with E-state index in [0.29, 0.717) is 17.9 Å². The van der Waals surface area contributed by atoms with Crippen molar-refractivity contribution in [3.05, 3.63) is 83.5 Å². The molecule has 0 radical (unpaired) electrons. The number of ether oxygens (including phenoxy) is 3. The SMILES string of the molecule is CCOC(=O)C1=CN(c2ccc(OCC)cc2)C=C(C(=O)OCC)C1c1ccc(F)cc1. The summed E-state index contributed by atoms with van der Waals surface area (Å²) in [6.07, 6.45) is 3.26. The van der Waals surface area contributed by atoms with Gasteiger partial charge in [0.1, 0.15) is 11.6 Å². The van der Waals surface area contributed by atoms with Gasteiger partial charge >= 0.3 is 11.9 Å². The predicted molar refractivity (Wildman–Crippen MR) is 119 cm³/mol. The molecule has 0 spiro atoms. The van der Waals surface area contributed by atoms with Gasteiger partial charge in [-0.05, 0) is 62.7 Å². The Labute approximate surface area is 186 Å². The molecule has 0 amide bonds. The van der Waals surface area contributed by atoms with E-state index in [9.17, 15) is 14.0 Å². The van der Waals surface area contributed by atoms with Gasteiger partial charge < -0.3 is 19.1 Å². The van der Waals surface area contributed by atoms with Crippen LogP contribution < -0.4 is 9.64 Å². The maximum atomic E-state index is 13.5. The zero-order chi connectivity index (χ0) is 23.1. The van der Waals surface area contributed by atoms with E-state index >= 15 is 0 Å². The van der Waals surface area contributed by atoms with E-state index in [0.717, 1.165) is 5.69 Å². The third kappa shape index (κ3) is 5.17. The van der Waals surface area contributed by atoms with E-state index in [4.69, 9.17) is 14.2 Å². The second-order valence-corrected chi connectivity index (χ2v) is 6.93. The molecule has 0 fully saturated rings. The molecule has 0 N–H and O–H groups in total. The zero-order valence-electron chi connectivity index (χ0n) is 18.3. The van der Waals surface area contributed by atoms with Crippen molar-refractivity contribution in [2.75, 3.05) is 24.7 Å². The Balaban J connectivity index is 2.11. The molecule has 2 aromatic carbocycles. The van der Waals surface area contributed by atoms with Crippen LogP contribution in [0.3, 0.4) is 0 Å². The highest BCUT2D eigenvalue weighted by Crippen LogP contribution is 2.38. The van der Waals surface area contributed by atoms with Crippen LogP contribution in [0.15, 0.2) is 72.1 Å². The summed E-state index contributed by atoms with van der Waals surface area (Å²) >= 11 is 0. The van der Waals surface area contributed by atoms with Crippen molar-refractivity contribution < 1.29 is 28.2 Å². The standard InChI is InChI=1S/C25H26FNO5/c1-4-30-20-13-11-19(12-14-20)27-15-21(24(28)31-5-2)23(17-7-9-18(26)10-8-17)22(16-27)25(29)32-6-3/h7-16,23H,4-6H2,1-3H3. The van der Waals surface area contributed by atoms with Gasteiger partial charge in [-0.1, -0.05) is 12.1 Å². The fourth-order valence-electron chi connectivity index (χ4n) is 3.47. The molecule has 2 aromatic rings. The largest absolute Gasteiger partial charge is 0.494 e. The quantitative estimate of drug-likeness (QED) is 0.555. The Morgan fingerprint density at radius 1 is 0.812 bits per heavy atom. The highest BCUT2D eigenvalue weighted by Gasteiger charge is 2.35. The molecule has 0 aliphatic carbocycles. The number of benzene rings is 2. The highest BCUT2D eigenvalue weighted by molar-refractivity contribution is 6.00. The molecule has 1 aliphatic heterocycles. The van der Waals surface area contributed by atoms with Crippen LogP contribution >= 0.6 is 0 Å². The summed E-state index contributed by atoms with van der Waals surface area (Å²) in [5.41, 5.74) is 1.79. The van der Waals surface area contributed by atoms with Crippen LogP contribution in [0.25, 0.3) is 0 Å². The molecule has 0 unspecified atom stereocenters. The summed E-state index contributed by atoms with van der Waals surface area (Å²) in [5, 5.41) is 0. The number of nitrogens with zero attached hydrogens (tertiary/aromatic N) is 1. The lowest BCUT2D eigenvalue weighted by molar-refractivity contribution is -0.139. The molecule has 168 valence electrons. The second kappa shape index (κ2) is 10.6. The fourth-order valence-corrected chi connectivity index (χ4v) is 3.47. The van der Waals surface area contributed by atoms with Crippen LogP contribution in [0, 0.1) is 5.82 Å². The molecule has 7 heteroatoms. The number of carbonyl (C=O) groups is 2. The number of hydrogen-bond donors (Lipinski definition) is 0. The van der Waals surface area contributed by atoms with Gasteiger partial charge in [0.15, 0.2) is 0 Å². The number of esters is 2. The van der Waals surface area contributed by atoms with E-state index in [-0.39, 0.29) is 24.4 Å². The highest BCUT2D eigenvalue weighted by atomic mass is 19.1. The van der Waals surface area contributed by atoms with Gasteiger partial charge in [0.25, 0.3) is 0 Å². The molecular formula is C25H26FNO5. The molecule has 0 atom stereocenters. The van der Waals surface area contributed by atoms with Crippen LogP contribution in [-0.4, -0.2) is 31.8 Å². The molecule has 3 rings (SSSR count). The summed E-state index contributed by atoms with van der Waals surface area (Å²) < 4.78 is 29.6. The van der Waals surface area contributed by atoms with E-state index in [2.05, 4.69) is 0 Å². The Bertz CT molecular complexity index is 976. The Kier molecular flexibility index (Phi) is 7.65. The fraction of sp³-hybridized carbons (Fsp3) is 0.280. The van der Waals surface area contributed by atoms with Crippen molar-refractivity contribution in [3.63, 3.8) is 0 Å². The predicted octanol–water partition coefficient (Wildman–Crippen LogP) is 4.72. The Morgan fingerprint density at radius 2 is 1.34 bits per heavy atom. The van der Waals surface area contributed by atoms with Crippen molar-refractivity contribution in [3.8, 4) is 5.75 Å². The minimum absolute atomic E-state index is 0.174. The molecule has 6 nitrogen and oxygen atoms in total. The lowest BCUT2D eigenvalue weighted by atomic mass is 9.83. The molecule has 0 aromatic heterocycles. The summed E-state index contributed by atoms with van der Waals surface area (Å²) in [5.74, 6) is -1.58. The summed E-state index contributed by atoms with van der Waals surface area (Å²) in [4.78, 5) is 27.5. The van der Waals surface area contributed by atoms with Gasteiger partial charge in [-0.25, -0.2) is 14.0 Å². The summed E-state index contributed by atoms with van der Waals surface area (Å²) in [7, 11) is 0. The third-order valence-corrected chi connectivity index (χ3v) is 4.85. The lowest BCUT2D eigenvalue weighted by Crippen LogP contribution is -2.29. The molecule has 0 saturated heterocycles. The molecule has 32 heavy (non-hydrogen) atoms. The van der Waals surface area contributed by atoms with Crippen LogP contribution in [-0.2, 0) is 19.1 Å². The first-order valence-corrected chi connectivity index (χ1v) is 10.5. The maximum absolute atomic E-state index is 13.5. The average molecular weight is 439 g/mol. The van der Waals surface area contributed by atoms with Gasteiger partial charge in [-0.15, -0.1) is 0 Å². The number of halogens is 1. The van der Waals surface area contributed by atoms with E-state index in [1.165, 1.54) is 12.1 Å². The lowest BCUT2D eigenvalue weighted by Gasteiger charge is -2.30. The molecule has 0 saturated carbocycles. The number of hydrogen-bond acceptors (Lipinski definition) is 6. The van der Waals surface area contributed by atoms with Crippen LogP contribution in [0.4, 0.5) is 10.1 Å². The first-order chi connectivity index (χ1) is 15.5. The van der Waals surface area contributed by atoms with Crippen molar-refractivity contribution in [1.29, 1.82) is 0 Å². The maximum Gasteiger partial charge on any atom is 0.336 e. The first kappa shape index (κ1) is 23.1. The first-order valence-electron chi connectivity index (χ1n) is 10.5. The Hall–Kier alpha value is -3.61. The van der Waals surface area contributed by atoms with E-state index < -0.39 is 23.7 Å². The summed E-state index contributed by atoms with van der Waals surface area (Å²) in [6.45, 7) is 6.21. The minimum Gasteiger partial charge on any atom is -0.494 e. The molecule has 1 heterocycles. The van der Waals surface area contributed by atoms with E-state index in [1.807, 2.05) is 19.1 Å². The number of anilines is 1. The molecular weight excluding hydrogens is 413 g/mol. The van der Waals surface area contributed by atoms with Crippen molar-refractivity contribution in [1.82, 2.24) is 0 Å². The second-order valence-electron chi connectivity index (χ2n) is 6.93. The van der Waals surface area contributed by atoms with Gasteiger partial charge in [-0.2, -0.15) is 0 Å². The van der Waals surface area contributed by atoms with Gasteiger partial charge in [0.2, 0.25) is 0 Å². The third-order valence-electron chi connectivity index (χ3n) is 4.85. The van der Waals surface area contributed by atoms with E-state index in [1.54, 1.807) is 55.4 Å². The molecule has 1 aliphatic rings. The number of rotatable bonds is 8. The zero-order valence-corrected chi connectivity index (χ0v) is 18.3. The normalized spacial score (nSPS) is 13.8. The Morgan fingerprint density at radius 3 is 1.81 bits per heavy atom. The van der Waals surface area contributed by atoms with Crippen LogP contribution in [0.1, 0.15) is 32.3 Å². The van der Waals surface area contributed by atoms with Gasteiger partial charge in [0.05, 0.1) is 36.9 Å². The van der Waals surface area contributed by atoms with Gasteiger partial charge in [0, 0.05) is 18.1 Å². The van der Waals surface area contributed by atoms with Crippen LogP contribution in [0.5, 0.6) is 5.75 Å².